The van der Waals surface area contributed by atoms with Crippen molar-refractivity contribution in [3.05, 3.63) is 35.9 Å². The van der Waals surface area contributed by atoms with Crippen LogP contribution in [-0.2, 0) is 16.2 Å². The summed E-state index contributed by atoms with van der Waals surface area (Å²) < 4.78 is 4.90. The fraction of sp³-hybridized carbons (Fsp3) is 0.273. The second-order valence-corrected chi connectivity index (χ2v) is 3.21. The van der Waals surface area contributed by atoms with E-state index in [0.717, 1.165) is 5.56 Å². The first-order chi connectivity index (χ1) is 8.72. The standard InChI is InChI=1S/C11H16N4O3/c1-2-18-15-10(12)13-14-11(16)17-8-9-6-4-3-5-7-9/h3-7H,2,8H2,1H3,(H,14,16)(H3,12,13,15). The zero-order valence-corrected chi connectivity index (χ0v) is 10.1. The number of nitrogens with one attached hydrogen (secondary N) is 2. The fourth-order valence-electron chi connectivity index (χ4n) is 1.03. The van der Waals surface area contributed by atoms with Gasteiger partial charge >= 0.3 is 6.09 Å². The number of rotatable bonds is 5. The number of amides is 1. The average molecular weight is 252 g/mol. The Morgan fingerprint density at radius 1 is 1.39 bits per heavy atom. The van der Waals surface area contributed by atoms with Crippen molar-refractivity contribution in [1.82, 2.24) is 10.9 Å². The molecule has 1 aromatic rings. The van der Waals surface area contributed by atoms with Crippen LogP contribution in [0.1, 0.15) is 12.5 Å². The Kier molecular flexibility index (Phi) is 6.05. The molecule has 0 spiro atoms. The Morgan fingerprint density at radius 2 is 2.11 bits per heavy atom. The number of nitrogens with two attached hydrogens (primary N) is 1. The van der Waals surface area contributed by atoms with Crippen molar-refractivity contribution in [1.29, 1.82) is 0 Å². The van der Waals surface area contributed by atoms with Crippen LogP contribution in [0, 0.1) is 0 Å². The molecule has 0 atom stereocenters. The van der Waals surface area contributed by atoms with Crippen LogP contribution >= 0.6 is 0 Å². The van der Waals surface area contributed by atoms with Crippen LogP contribution in [0.25, 0.3) is 0 Å². The second-order valence-electron chi connectivity index (χ2n) is 3.21. The van der Waals surface area contributed by atoms with Crippen LogP contribution in [-0.4, -0.2) is 18.7 Å². The van der Waals surface area contributed by atoms with Gasteiger partial charge in [-0.3, -0.25) is 4.84 Å². The number of carbonyl (C=O) groups excluding carboxylic acids is 1. The van der Waals surface area contributed by atoms with Gasteiger partial charge in [0.2, 0.25) is 5.96 Å². The van der Waals surface area contributed by atoms with Crippen molar-refractivity contribution in [3.63, 3.8) is 0 Å². The maximum absolute atomic E-state index is 11.2. The highest BCUT2D eigenvalue weighted by Crippen LogP contribution is 2.00. The number of hydrazone groups is 1. The lowest BCUT2D eigenvalue weighted by atomic mass is 10.2. The molecule has 1 amide bonds. The highest BCUT2D eigenvalue weighted by molar-refractivity contribution is 5.78. The summed E-state index contributed by atoms with van der Waals surface area (Å²) in [6.07, 6.45) is -0.694. The van der Waals surface area contributed by atoms with E-state index in [4.69, 9.17) is 15.3 Å². The van der Waals surface area contributed by atoms with Gasteiger partial charge in [0.15, 0.2) is 0 Å². The topological polar surface area (TPSA) is 98.0 Å². The summed E-state index contributed by atoms with van der Waals surface area (Å²) in [7, 11) is 0. The highest BCUT2D eigenvalue weighted by atomic mass is 16.6. The molecule has 7 nitrogen and oxygen atoms in total. The summed E-state index contributed by atoms with van der Waals surface area (Å²) in [5, 5.41) is 3.51. The molecule has 0 radical (unpaired) electrons. The maximum atomic E-state index is 11.2. The molecule has 4 N–H and O–H groups in total. The molecule has 7 heteroatoms. The zero-order valence-electron chi connectivity index (χ0n) is 10.1. The van der Waals surface area contributed by atoms with Crippen LogP contribution in [0.2, 0.25) is 0 Å². The number of benzene rings is 1. The van der Waals surface area contributed by atoms with Crippen LogP contribution in [0.4, 0.5) is 4.79 Å². The summed E-state index contributed by atoms with van der Waals surface area (Å²) >= 11 is 0. The third-order valence-corrected chi connectivity index (χ3v) is 1.80. The molecule has 0 aliphatic heterocycles. The molecular formula is C11H16N4O3. The molecule has 0 aromatic heterocycles. The molecule has 18 heavy (non-hydrogen) atoms. The van der Waals surface area contributed by atoms with Crippen molar-refractivity contribution in [2.24, 2.45) is 10.8 Å². The van der Waals surface area contributed by atoms with Crippen LogP contribution in [0.15, 0.2) is 35.4 Å². The van der Waals surface area contributed by atoms with Gasteiger partial charge in [-0.2, -0.15) is 0 Å². The molecule has 0 saturated heterocycles. The molecule has 0 saturated carbocycles. The lowest BCUT2D eigenvalue weighted by molar-refractivity contribution is 0.0952. The third-order valence-electron chi connectivity index (χ3n) is 1.80. The van der Waals surface area contributed by atoms with E-state index >= 15 is 0 Å². The Hall–Kier alpha value is -2.28. The predicted octanol–water partition coefficient (Wildman–Crippen LogP) is 0.684. The molecule has 1 rings (SSSR count). The maximum Gasteiger partial charge on any atom is 0.428 e. The third kappa shape index (κ3) is 5.71. The second kappa shape index (κ2) is 7.91. The number of hydrogen-bond donors (Lipinski definition) is 3. The van der Waals surface area contributed by atoms with E-state index in [2.05, 4.69) is 16.0 Å². The van der Waals surface area contributed by atoms with Gasteiger partial charge in [-0.1, -0.05) is 30.3 Å². The van der Waals surface area contributed by atoms with Crippen LogP contribution in [0.5, 0.6) is 0 Å². The first kappa shape index (κ1) is 13.8. The Morgan fingerprint density at radius 3 is 2.78 bits per heavy atom. The monoisotopic (exact) mass is 252 g/mol. The molecule has 0 aliphatic carbocycles. The minimum atomic E-state index is -0.694. The number of carbonyl (C=O) groups is 1. The molecule has 0 heterocycles. The Labute approximate surface area is 105 Å². The van der Waals surface area contributed by atoms with Gasteiger partial charge in [0.25, 0.3) is 0 Å². The van der Waals surface area contributed by atoms with E-state index in [1.807, 2.05) is 30.3 Å². The van der Waals surface area contributed by atoms with Gasteiger partial charge in [0, 0.05) is 0 Å². The Balaban J connectivity index is 2.25. The summed E-state index contributed by atoms with van der Waals surface area (Å²) in [6, 6.07) is 9.30. The minimum Gasteiger partial charge on any atom is -0.443 e. The smallest absolute Gasteiger partial charge is 0.428 e. The first-order valence-corrected chi connectivity index (χ1v) is 5.40. The summed E-state index contributed by atoms with van der Waals surface area (Å²) in [6.45, 7) is 2.37. The number of hydrogen-bond acceptors (Lipinski definition) is 4. The van der Waals surface area contributed by atoms with Gasteiger partial charge in [-0.15, -0.1) is 5.10 Å². The Bertz CT molecular complexity index is 395. The van der Waals surface area contributed by atoms with E-state index in [-0.39, 0.29) is 12.6 Å². The molecule has 1 aromatic carbocycles. The van der Waals surface area contributed by atoms with E-state index in [9.17, 15) is 4.79 Å². The fourth-order valence-corrected chi connectivity index (χ4v) is 1.03. The van der Waals surface area contributed by atoms with Crippen molar-refractivity contribution in [2.45, 2.75) is 13.5 Å². The number of nitrogens with zero attached hydrogens (tertiary/aromatic N) is 1. The van der Waals surface area contributed by atoms with Crippen LogP contribution in [0.3, 0.4) is 0 Å². The first-order valence-electron chi connectivity index (χ1n) is 5.40. The van der Waals surface area contributed by atoms with Crippen molar-refractivity contribution < 1.29 is 14.4 Å². The summed E-state index contributed by atoms with van der Waals surface area (Å²) in [5.41, 5.74) is 10.7. The van der Waals surface area contributed by atoms with Gasteiger partial charge in [-0.25, -0.2) is 15.7 Å². The molecule has 0 bridgehead atoms. The van der Waals surface area contributed by atoms with E-state index in [1.54, 1.807) is 6.92 Å². The molecule has 0 fully saturated rings. The van der Waals surface area contributed by atoms with Gasteiger partial charge in [-0.05, 0) is 12.5 Å². The van der Waals surface area contributed by atoms with Gasteiger partial charge < -0.3 is 10.5 Å². The van der Waals surface area contributed by atoms with E-state index < -0.39 is 6.09 Å². The summed E-state index contributed by atoms with van der Waals surface area (Å²) in [4.78, 5) is 16.0. The lowest BCUT2D eigenvalue weighted by Gasteiger charge is -2.05. The lowest BCUT2D eigenvalue weighted by Crippen LogP contribution is -2.35. The van der Waals surface area contributed by atoms with Crippen molar-refractivity contribution in [2.75, 3.05) is 6.61 Å². The van der Waals surface area contributed by atoms with E-state index in [0.29, 0.717) is 6.61 Å². The van der Waals surface area contributed by atoms with Gasteiger partial charge in [0.05, 0.1) is 6.61 Å². The SMILES string of the molecule is CCONC(N)=NNC(=O)OCc1ccccc1. The van der Waals surface area contributed by atoms with Crippen molar-refractivity contribution >= 4 is 12.1 Å². The molecule has 98 valence electrons. The number of ether oxygens (including phenoxy) is 1. The quantitative estimate of drug-likeness (QED) is 0.407. The minimum absolute atomic E-state index is 0.0616. The summed E-state index contributed by atoms with van der Waals surface area (Å²) in [5.74, 6) is -0.0616. The van der Waals surface area contributed by atoms with E-state index in [1.165, 1.54) is 0 Å². The molecule has 0 aliphatic rings. The largest absolute Gasteiger partial charge is 0.443 e. The average Bonchev–Trinajstić information content (AvgIpc) is 2.41. The number of hydroxylamine groups is 1. The van der Waals surface area contributed by atoms with Gasteiger partial charge in [0.1, 0.15) is 6.61 Å². The number of guanidine groups is 1. The molecule has 0 unspecified atom stereocenters. The zero-order chi connectivity index (χ0) is 13.2. The predicted molar refractivity (Wildman–Crippen MR) is 66.1 cm³/mol. The normalized spacial score (nSPS) is 10.8. The van der Waals surface area contributed by atoms with Crippen LogP contribution < -0.4 is 16.6 Å². The van der Waals surface area contributed by atoms with Crippen molar-refractivity contribution in [3.8, 4) is 0 Å². The molecular weight excluding hydrogens is 236 g/mol. The highest BCUT2D eigenvalue weighted by Gasteiger charge is 2.01.